The molecule has 1 N–H and O–H groups in total. The quantitative estimate of drug-likeness (QED) is 0.856. The summed E-state index contributed by atoms with van der Waals surface area (Å²) in [5.74, 6) is 0.837. The van der Waals surface area contributed by atoms with Crippen LogP contribution in [0.5, 0.6) is 11.5 Å². The van der Waals surface area contributed by atoms with Crippen LogP contribution in [0.15, 0.2) is 42.5 Å². The van der Waals surface area contributed by atoms with Crippen molar-refractivity contribution in [2.45, 2.75) is 6.42 Å². The van der Waals surface area contributed by atoms with Crippen molar-refractivity contribution < 1.29 is 19.1 Å². The van der Waals surface area contributed by atoms with Gasteiger partial charge in [0, 0.05) is 25.2 Å². The molecule has 7 heteroatoms. The number of fused-ring (bicyclic) bond motifs is 1. The van der Waals surface area contributed by atoms with Gasteiger partial charge in [-0.05, 0) is 36.2 Å². The summed E-state index contributed by atoms with van der Waals surface area (Å²) in [6, 6.07) is 12.7. The molecule has 0 atom stereocenters. The Labute approximate surface area is 168 Å². The summed E-state index contributed by atoms with van der Waals surface area (Å²) in [7, 11) is 1.62. The van der Waals surface area contributed by atoms with Crippen LogP contribution in [0.25, 0.3) is 0 Å². The van der Waals surface area contributed by atoms with E-state index in [4.69, 9.17) is 21.1 Å². The van der Waals surface area contributed by atoms with Crippen LogP contribution in [-0.2, 0) is 11.2 Å². The van der Waals surface area contributed by atoms with E-state index in [9.17, 15) is 9.59 Å². The molecule has 1 saturated heterocycles. The zero-order chi connectivity index (χ0) is 19.7. The molecule has 0 aromatic heterocycles. The number of para-hydroxylation sites is 1. The monoisotopic (exact) mass is 400 g/mol. The molecule has 2 aliphatic rings. The van der Waals surface area contributed by atoms with Gasteiger partial charge in [-0.25, -0.2) is 0 Å². The molecular weight excluding hydrogens is 380 g/mol. The molecule has 0 saturated carbocycles. The van der Waals surface area contributed by atoms with E-state index in [1.807, 2.05) is 24.3 Å². The summed E-state index contributed by atoms with van der Waals surface area (Å²) in [4.78, 5) is 27.3. The smallest absolute Gasteiger partial charge is 0.257 e. The Morgan fingerprint density at radius 3 is 2.54 bits per heavy atom. The highest BCUT2D eigenvalue weighted by atomic mass is 35.5. The predicted molar refractivity (Wildman–Crippen MR) is 105 cm³/mol. The third-order valence-electron chi connectivity index (χ3n) is 5.24. The maximum absolute atomic E-state index is 13.0. The van der Waals surface area contributed by atoms with Gasteiger partial charge in [0.05, 0.1) is 11.0 Å². The highest BCUT2D eigenvalue weighted by Crippen LogP contribution is 2.39. The Morgan fingerprint density at radius 2 is 1.82 bits per heavy atom. The van der Waals surface area contributed by atoms with Crippen molar-refractivity contribution >= 4 is 23.4 Å². The molecule has 1 fully saturated rings. The summed E-state index contributed by atoms with van der Waals surface area (Å²) in [6.45, 7) is 1.57. The number of carbonyl (C=O) groups is 2. The van der Waals surface area contributed by atoms with E-state index in [2.05, 4.69) is 5.32 Å². The molecule has 0 radical (unpaired) electrons. The number of nitrogens with zero attached hydrogens (tertiary/aromatic N) is 1. The Balaban J connectivity index is 1.53. The summed E-state index contributed by atoms with van der Waals surface area (Å²) < 4.78 is 11.2. The number of ether oxygens (including phenoxy) is 2. The number of hydrogen-bond donors (Lipinski definition) is 1. The number of amides is 2. The summed E-state index contributed by atoms with van der Waals surface area (Å²) in [5, 5.41) is 3.39. The molecule has 146 valence electrons. The van der Waals surface area contributed by atoms with Gasteiger partial charge >= 0.3 is 0 Å². The van der Waals surface area contributed by atoms with Gasteiger partial charge < -0.3 is 19.7 Å². The molecule has 28 heavy (non-hydrogen) atoms. The van der Waals surface area contributed by atoms with Crippen molar-refractivity contribution in [2.75, 3.05) is 33.4 Å². The lowest BCUT2D eigenvalue weighted by Gasteiger charge is -2.49. The van der Waals surface area contributed by atoms with Crippen LogP contribution in [0.1, 0.15) is 15.9 Å². The Kier molecular flexibility index (Phi) is 4.89. The molecule has 0 spiro atoms. The maximum atomic E-state index is 13.0. The number of hydrogen-bond acceptors (Lipinski definition) is 4. The minimum Gasteiger partial charge on any atom is -0.486 e. The van der Waals surface area contributed by atoms with E-state index in [0.29, 0.717) is 54.8 Å². The highest BCUT2D eigenvalue weighted by Gasteiger charge is 2.51. The van der Waals surface area contributed by atoms with Crippen molar-refractivity contribution in [1.29, 1.82) is 0 Å². The summed E-state index contributed by atoms with van der Waals surface area (Å²) in [6.07, 6.45) is 0.542. The Hall–Kier alpha value is -2.73. The maximum Gasteiger partial charge on any atom is 0.257 e. The summed E-state index contributed by atoms with van der Waals surface area (Å²) in [5.41, 5.74) is 0.827. The van der Waals surface area contributed by atoms with Crippen molar-refractivity contribution in [1.82, 2.24) is 10.2 Å². The zero-order valence-electron chi connectivity index (χ0n) is 15.5. The number of carbonyl (C=O) groups excluding carboxylic acids is 2. The largest absolute Gasteiger partial charge is 0.486 e. The van der Waals surface area contributed by atoms with Gasteiger partial charge in [0.25, 0.3) is 5.91 Å². The van der Waals surface area contributed by atoms with Gasteiger partial charge in [0.1, 0.15) is 13.2 Å². The van der Waals surface area contributed by atoms with Gasteiger partial charge in [-0.1, -0.05) is 29.8 Å². The first-order valence-corrected chi connectivity index (χ1v) is 9.55. The molecule has 0 bridgehead atoms. The van der Waals surface area contributed by atoms with E-state index < -0.39 is 5.41 Å². The van der Waals surface area contributed by atoms with Gasteiger partial charge in [-0.3, -0.25) is 9.59 Å². The molecule has 2 aromatic carbocycles. The average Bonchev–Trinajstić information content (AvgIpc) is 2.70. The van der Waals surface area contributed by atoms with Crippen molar-refractivity contribution in [2.24, 2.45) is 5.41 Å². The fraction of sp³-hybridized carbons (Fsp3) is 0.333. The Bertz CT molecular complexity index is 907. The second kappa shape index (κ2) is 7.36. The third-order valence-corrected chi connectivity index (χ3v) is 5.49. The van der Waals surface area contributed by atoms with Crippen LogP contribution in [-0.4, -0.2) is 50.1 Å². The first-order valence-electron chi connectivity index (χ1n) is 9.17. The highest BCUT2D eigenvalue weighted by molar-refractivity contribution is 6.30. The van der Waals surface area contributed by atoms with E-state index in [1.165, 1.54) is 0 Å². The fourth-order valence-electron chi connectivity index (χ4n) is 3.83. The predicted octanol–water partition coefficient (Wildman–Crippen LogP) is 2.54. The molecular formula is C21H21ClN2O4. The van der Waals surface area contributed by atoms with E-state index >= 15 is 0 Å². The minimum atomic E-state index is -0.648. The lowest BCUT2D eigenvalue weighted by molar-refractivity contribution is -0.138. The second-order valence-electron chi connectivity index (χ2n) is 7.15. The second-order valence-corrected chi connectivity index (χ2v) is 7.59. The van der Waals surface area contributed by atoms with Gasteiger partial charge in [0.15, 0.2) is 11.5 Å². The van der Waals surface area contributed by atoms with Crippen LogP contribution in [0.3, 0.4) is 0 Å². The molecule has 0 aliphatic carbocycles. The van der Waals surface area contributed by atoms with E-state index in [-0.39, 0.29) is 11.8 Å². The van der Waals surface area contributed by atoms with Gasteiger partial charge in [-0.15, -0.1) is 0 Å². The summed E-state index contributed by atoms with van der Waals surface area (Å²) >= 11 is 5.96. The SMILES string of the molecule is CNC(=O)C1(Cc2ccc(Cl)cc2)CN(C(=O)c2cccc3c2OCCO3)C1. The molecule has 0 unspecified atom stereocenters. The van der Waals surface area contributed by atoms with Crippen LogP contribution >= 0.6 is 11.6 Å². The first-order chi connectivity index (χ1) is 13.5. The van der Waals surface area contributed by atoms with Crippen molar-refractivity contribution in [3.63, 3.8) is 0 Å². The van der Waals surface area contributed by atoms with Gasteiger partial charge in [-0.2, -0.15) is 0 Å². The van der Waals surface area contributed by atoms with Crippen LogP contribution < -0.4 is 14.8 Å². The first kappa shape index (κ1) is 18.6. The number of halogens is 1. The van der Waals surface area contributed by atoms with Crippen LogP contribution in [0.4, 0.5) is 0 Å². The van der Waals surface area contributed by atoms with Crippen molar-refractivity contribution in [3.8, 4) is 11.5 Å². The van der Waals surface area contributed by atoms with E-state index in [0.717, 1.165) is 5.56 Å². The minimum absolute atomic E-state index is 0.0684. The number of nitrogens with one attached hydrogen (secondary N) is 1. The standard InChI is InChI=1S/C21H21ClN2O4/c1-23-20(26)21(11-14-5-7-15(22)8-6-14)12-24(13-21)19(25)16-3-2-4-17-18(16)28-10-9-27-17/h2-8H,9-13H2,1H3,(H,23,26). The topological polar surface area (TPSA) is 67.9 Å². The molecule has 2 aliphatic heterocycles. The molecule has 2 heterocycles. The zero-order valence-corrected chi connectivity index (χ0v) is 16.3. The Morgan fingerprint density at radius 1 is 1.11 bits per heavy atom. The molecule has 2 amide bonds. The van der Waals surface area contributed by atoms with Gasteiger partial charge in [0.2, 0.25) is 5.91 Å². The van der Waals surface area contributed by atoms with Crippen LogP contribution in [0.2, 0.25) is 5.02 Å². The fourth-order valence-corrected chi connectivity index (χ4v) is 3.96. The molecule has 4 rings (SSSR count). The lowest BCUT2D eigenvalue weighted by atomic mass is 9.73. The van der Waals surface area contributed by atoms with Crippen molar-refractivity contribution in [3.05, 3.63) is 58.6 Å². The number of rotatable bonds is 4. The van der Waals surface area contributed by atoms with Crippen LogP contribution in [0, 0.1) is 5.41 Å². The number of likely N-dealkylation sites (tertiary alicyclic amines) is 1. The third kappa shape index (κ3) is 3.29. The lowest BCUT2D eigenvalue weighted by Crippen LogP contribution is -2.65. The normalized spacial score (nSPS) is 16.9. The number of benzene rings is 2. The molecule has 6 nitrogen and oxygen atoms in total. The molecule has 2 aromatic rings. The van der Waals surface area contributed by atoms with E-state index in [1.54, 1.807) is 30.1 Å². The average molecular weight is 401 g/mol.